The number of hydrogen-bond acceptors (Lipinski definition) is 4. The normalized spacial score (nSPS) is 14.7. The summed E-state index contributed by atoms with van der Waals surface area (Å²) in [5.41, 5.74) is 10.9. The van der Waals surface area contributed by atoms with Crippen LogP contribution < -0.4 is 5.32 Å². The highest BCUT2D eigenvalue weighted by molar-refractivity contribution is 7.26. The minimum Gasteiger partial charge on any atom is -0.344 e. The van der Waals surface area contributed by atoms with Crippen LogP contribution in [0.25, 0.3) is 85.9 Å². The van der Waals surface area contributed by atoms with Gasteiger partial charge in [0.2, 0.25) is 0 Å². The first-order valence-electron chi connectivity index (χ1n) is 18.8. The second kappa shape index (κ2) is 11.8. The second-order valence-electron chi connectivity index (χ2n) is 14.5. The van der Waals surface area contributed by atoms with Crippen molar-refractivity contribution >= 4 is 75.5 Å². The van der Waals surface area contributed by atoms with Crippen molar-refractivity contribution in [1.29, 1.82) is 0 Å². The van der Waals surface area contributed by atoms with Crippen LogP contribution in [-0.4, -0.2) is 11.7 Å². The minimum absolute atomic E-state index is 0.345. The molecular weight excluding hydrogens is 687 g/mol. The molecule has 1 unspecified atom stereocenters. The number of rotatable bonds is 4. The summed E-state index contributed by atoms with van der Waals surface area (Å²) in [6.45, 7) is 0. The van der Waals surface area contributed by atoms with E-state index >= 15 is 0 Å². The predicted octanol–water partition coefficient (Wildman–Crippen LogP) is 13.3. The molecule has 0 bridgehead atoms. The topological polar surface area (TPSA) is 36.8 Å². The molecule has 1 aliphatic carbocycles. The van der Waals surface area contributed by atoms with Crippen LogP contribution in [0.3, 0.4) is 0 Å². The zero-order valence-corrected chi connectivity index (χ0v) is 30.4. The maximum absolute atomic E-state index is 5.41. The van der Waals surface area contributed by atoms with E-state index in [0.717, 1.165) is 28.4 Å². The van der Waals surface area contributed by atoms with Gasteiger partial charge in [0.1, 0.15) is 12.0 Å². The maximum atomic E-state index is 5.41. The Balaban J connectivity index is 1.02. The van der Waals surface area contributed by atoms with E-state index in [-0.39, 0.29) is 6.17 Å². The minimum atomic E-state index is -0.345. The van der Waals surface area contributed by atoms with Crippen molar-refractivity contribution < 1.29 is 0 Å². The van der Waals surface area contributed by atoms with Gasteiger partial charge in [0, 0.05) is 42.4 Å². The van der Waals surface area contributed by atoms with E-state index in [1.54, 1.807) is 0 Å². The first-order valence-corrected chi connectivity index (χ1v) is 19.6. The second-order valence-corrected chi connectivity index (χ2v) is 15.6. The van der Waals surface area contributed by atoms with Gasteiger partial charge in [-0.1, -0.05) is 164 Å². The number of nitrogens with zero attached hydrogens (tertiary/aromatic N) is 2. The molecule has 0 spiro atoms. The van der Waals surface area contributed by atoms with Crippen LogP contribution in [0.2, 0.25) is 0 Å². The average molecular weight is 718 g/mol. The van der Waals surface area contributed by atoms with Crippen molar-refractivity contribution in [3.05, 3.63) is 193 Å². The van der Waals surface area contributed by atoms with Crippen LogP contribution in [0.5, 0.6) is 0 Å². The summed E-state index contributed by atoms with van der Waals surface area (Å²) >= 11 is 1.89. The molecule has 4 heteroatoms. The first kappa shape index (κ1) is 30.6. The Hall–Kier alpha value is -6.88. The van der Waals surface area contributed by atoms with E-state index in [2.05, 4.69) is 181 Å². The Morgan fingerprint density at radius 2 is 1.15 bits per heavy atom. The first-order chi connectivity index (χ1) is 27.2. The summed E-state index contributed by atoms with van der Waals surface area (Å²) in [6, 6.07) is 63.6. The van der Waals surface area contributed by atoms with E-state index in [9.17, 15) is 0 Å². The van der Waals surface area contributed by atoms with Crippen molar-refractivity contribution in [3.8, 4) is 33.4 Å². The van der Waals surface area contributed by atoms with Gasteiger partial charge in [-0.15, -0.1) is 11.3 Å². The van der Waals surface area contributed by atoms with Crippen LogP contribution in [0.15, 0.2) is 186 Å². The van der Waals surface area contributed by atoms with Gasteiger partial charge < -0.3 is 5.32 Å². The summed E-state index contributed by atoms with van der Waals surface area (Å²) in [5.74, 6) is 1.54. The van der Waals surface area contributed by atoms with E-state index < -0.39 is 0 Å². The molecule has 0 radical (unpaired) electrons. The molecule has 55 heavy (non-hydrogen) atoms. The highest BCUT2D eigenvalue weighted by atomic mass is 32.1. The zero-order chi connectivity index (χ0) is 36.0. The van der Waals surface area contributed by atoms with Gasteiger partial charge in [-0.05, 0) is 72.3 Å². The highest BCUT2D eigenvalue weighted by Crippen LogP contribution is 2.53. The molecule has 9 aromatic carbocycles. The largest absolute Gasteiger partial charge is 0.344 e. The van der Waals surface area contributed by atoms with Gasteiger partial charge in [-0.25, -0.2) is 9.98 Å². The Labute approximate surface area is 321 Å². The van der Waals surface area contributed by atoms with Crippen molar-refractivity contribution in [1.82, 2.24) is 5.32 Å². The number of aliphatic imine (C=N–C) groups is 2. The predicted molar refractivity (Wildman–Crippen MR) is 234 cm³/mol. The van der Waals surface area contributed by atoms with Gasteiger partial charge in [-0.3, -0.25) is 0 Å². The smallest absolute Gasteiger partial charge is 0.159 e. The van der Waals surface area contributed by atoms with E-state index in [1.807, 2.05) is 11.3 Å². The van der Waals surface area contributed by atoms with Crippen LogP contribution >= 0.6 is 11.3 Å². The summed E-state index contributed by atoms with van der Waals surface area (Å²) in [5, 5.41) is 13.8. The summed E-state index contributed by atoms with van der Waals surface area (Å²) in [4.78, 5) is 10.6. The third-order valence-corrected chi connectivity index (χ3v) is 12.7. The monoisotopic (exact) mass is 717 g/mol. The third-order valence-electron chi connectivity index (χ3n) is 11.5. The number of nitrogens with one attached hydrogen (secondary N) is 1. The molecule has 1 aliphatic heterocycles. The molecule has 0 fully saturated rings. The van der Waals surface area contributed by atoms with Crippen LogP contribution in [0.4, 0.5) is 0 Å². The van der Waals surface area contributed by atoms with Crippen molar-refractivity contribution in [2.24, 2.45) is 9.98 Å². The number of benzene rings is 9. The van der Waals surface area contributed by atoms with Gasteiger partial charge in [0.05, 0.1) is 0 Å². The maximum Gasteiger partial charge on any atom is 0.159 e. The molecule has 1 aromatic heterocycles. The van der Waals surface area contributed by atoms with Gasteiger partial charge in [0.25, 0.3) is 0 Å². The molecule has 1 N–H and O–H groups in total. The zero-order valence-electron chi connectivity index (χ0n) is 29.6. The molecule has 12 rings (SSSR count). The highest BCUT2D eigenvalue weighted by Gasteiger charge is 2.28. The Morgan fingerprint density at radius 1 is 0.455 bits per heavy atom. The molecule has 0 saturated carbocycles. The third kappa shape index (κ3) is 4.68. The fraction of sp³-hybridized carbons (Fsp3) is 0.0196. The lowest BCUT2D eigenvalue weighted by atomic mass is 9.97. The molecule has 3 nitrogen and oxygen atoms in total. The SMILES string of the molecule is c1ccc2cc(C3=NC(c4ccc(-c5cccc6ccccc56)cc4)=NC(c4cccc5sc6c7c(ccc6c45)-c4cccc5cccc-7c45)N3)ccc2c1. The molecule has 0 amide bonds. The molecule has 2 heterocycles. The summed E-state index contributed by atoms with van der Waals surface area (Å²) in [6.07, 6.45) is -0.345. The fourth-order valence-corrected chi connectivity index (χ4v) is 10.2. The summed E-state index contributed by atoms with van der Waals surface area (Å²) < 4.78 is 2.59. The van der Waals surface area contributed by atoms with Crippen LogP contribution in [-0.2, 0) is 0 Å². The Kier molecular flexibility index (Phi) is 6.56. The molecule has 1 atom stereocenters. The lowest BCUT2D eigenvalue weighted by Gasteiger charge is -2.24. The molecule has 256 valence electrons. The number of fused-ring (bicyclic) bond motifs is 9. The summed E-state index contributed by atoms with van der Waals surface area (Å²) in [7, 11) is 0. The van der Waals surface area contributed by atoms with Crippen LogP contribution in [0, 0.1) is 0 Å². The van der Waals surface area contributed by atoms with Crippen molar-refractivity contribution in [2.75, 3.05) is 0 Å². The lowest BCUT2D eigenvalue weighted by Crippen LogP contribution is -2.33. The van der Waals surface area contributed by atoms with E-state index in [1.165, 1.54) is 85.9 Å². The lowest BCUT2D eigenvalue weighted by molar-refractivity contribution is 0.680. The van der Waals surface area contributed by atoms with Gasteiger partial charge >= 0.3 is 0 Å². The van der Waals surface area contributed by atoms with Crippen molar-refractivity contribution in [3.63, 3.8) is 0 Å². The Bertz CT molecular complexity index is 3290. The van der Waals surface area contributed by atoms with E-state index in [4.69, 9.17) is 9.98 Å². The Morgan fingerprint density at radius 3 is 2.02 bits per heavy atom. The number of hydrogen-bond donors (Lipinski definition) is 1. The number of thiophene rings is 1. The van der Waals surface area contributed by atoms with Crippen molar-refractivity contribution in [2.45, 2.75) is 6.17 Å². The molecule has 10 aromatic rings. The number of amidine groups is 2. The molecular formula is C51H31N3S. The molecule has 0 saturated heterocycles. The van der Waals surface area contributed by atoms with Crippen LogP contribution in [0.1, 0.15) is 22.9 Å². The average Bonchev–Trinajstić information content (AvgIpc) is 3.80. The quantitative estimate of drug-likeness (QED) is 0.193. The standard InChI is InChI=1S/C51H31N3S/c1-2-11-35-29-36(26-21-30(35)9-1)50-52-49(34-24-22-32(23-25-34)38-16-5-12-31-10-3-4-15-37(31)38)53-51(54-50)43-19-8-20-44-46(43)42-28-27-40-39-17-6-13-33-14-7-18-41(45(33)39)47(40)48(42)55-44/h1-29,51H,(H,52,53,54). The fourth-order valence-electron chi connectivity index (χ4n) is 8.91. The van der Waals surface area contributed by atoms with Gasteiger partial charge in [-0.2, -0.15) is 0 Å². The van der Waals surface area contributed by atoms with Gasteiger partial charge in [0.15, 0.2) is 5.84 Å². The van der Waals surface area contributed by atoms with E-state index in [0.29, 0.717) is 0 Å². The molecule has 2 aliphatic rings.